The van der Waals surface area contributed by atoms with Crippen molar-refractivity contribution in [1.29, 1.82) is 0 Å². The van der Waals surface area contributed by atoms with Crippen molar-refractivity contribution in [2.45, 2.75) is 38.8 Å². The average Bonchev–Trinajstić information content (AvgIpc) is 2.98. The molecular weight excluding hydrogens is 294 g/mol. The lowest BCUT2D eigenvalue weighted by molar-refractivity contribution is -0.0528. The quantitative estimate of drug-likeness (QED) is 0.870. The third kappa shape index (κ3) is 2.52. The Morgan fingerprint density at radius 1 is 1.14 bits per heavy atom. The monoisotopic (exact) mass is 315 g/mol. The number of hydrogen-bond donors (Lipinski definition) is 0. The average molecular weight is 315 g/mol. The van der Waals surface area contributed by atoms with Crippen LogP contribution < -0.4 is 4.74 Å². The Morgan fingerprint density at radius 2 is 1.95 bits per heavy atom. The van der Waals surface area contributed by atoms with E-state index in [1.54, 1.807) is 11.3 Å². The number of ether oxygens (including phenoxy) is 1. The Morgan fingerprint density at radius 3 is 2.55 bits per heavy atom. The van der Waals surface area contributed by atoms with Gasteiger partial charge in [0.05, 0.1) is 4.88 Å². The fourth-order valence-electron chi connectivity index (χ4n) is 3.68. The van der Waals surface area contributed by atoms with Crippen LogP contribution in [0.1, 0.15) is 24.6 Å². The number of hydrogen-bond acceptors (Lipinski definition) is 5. The molecule has 3 fully saturated rings. The minimum Gasteiger partial charge on any atom is -0.471 e. The molecule has 0 unspecified atom stereocenters. The normalized spacial score (nSPS) is 30.5. The lowest BCUT2D eigenvalue weighted by atomic mass is 9.81. The van der Waals surface area contributed by atoms with E-state index in [1.165, 1.54) is 30.8 Å². The fourth-order valence-corrected chi connectivity index (χ4v) is 4.51. The second-order valence-corrected chi connectivity index (χ2v) is 7.65. The van der Waals surface area contributed by atoms with E-state index in [2.05, 4.69) is 41.1 Å². The molecule has 0 N–H and O–H groups in total. The molecular formula is C17H21N3OS. The van der Waals surface area contributed by atoms with Crippen molar-refractivity contribution in [3.05, 3.63) is 29.1 Å². The Bertz CT molecular complexity index is 644. The van der Waals surface area contributed by atoms with Crippen molar-refractivity contribution in [2.24, 2.45) is 5.92 Å². The Labute approximate surface area is 135 Å². The number of fused-ring (bicyclic) bond motifs is 3. The molecule has 5 rings (SSSR count). The van der Waals surface area contributed by atoms with Crippen molar-refractivity contribution in [3.8, 4) is 16.5 Å². The van der Waals surface area contributed by atoms with Crippen molar-refractivity contribution < 1.29 is 4.74 Å². The van der Waals surface area contributed by atoms with Crippen LogP contribution >= 0.6 is 11.3 Å². The van der Waals surface area contributed by atoms with Crippen LogP contribution in [0.5, 0.6) is 5.88 Å². The van der Waals surface area contributed by atoms with E-state index in [0.717, 1.165) is 10.6 Å². The highest BCUT2D eigenvalue weighted by atomic mass is 32.1. The van der Waals surface area contributed by atoms with E-state index in [9.17, 15) is 0 Å². The molecule has 2 aromatic heterocycles. The van der Waals surface area contributed by atoms with Crippen molar-refractivity contribution in [3.63, 3.8) is 0 Å². The van der Waals surface area contributed by atoms with E-state index >= 15 is 0 Å². The molecule has 2 bridgehead atoms. The molecule has 5 heteroatoms. The van der Waals surface area contributed by atoms with E-state index in [-0.39, 0.29) is 6.10 Å². The summed E-state index contributed by atoms with van der Waals surface area (Å²) >= 11 is 1.74. The molecule has 116 valence electrons. The topological polar surface area (TPSA) is 38.2 Å². The molecule has 0 aromatic carbocycles. The summed E-state index contributed by atoms with van der Waals surface area (Å²) in [5.41, 5.74) is 0.924. The van der Waals surface area contributed by atoms with Crippen molar-refractivity contribution in [2.75, 3.05) is 13.1 Å². The lowest BCUT2D eigenvalue weighted by Crippen LogP contribution is -2.58. The van der Waals surface area contributed by atoms with E-state index in [0.29, 0.717) is 17.8 Å². The molecule has 2 atom stereocenters. The molecule has 3 saturated heterocycles. The molecule has 0 spiro atoms. The van der Waals surface area contributed by atoms with Crippen molar-refractivity contribution in [1.82, 2.24) is 15.1 Å². The predicted octanol–water partition coefficient (Wildman–Crippen LogP) is 3.38. The smallest absolute Gasteiger partial charge is 0.233 e. The van der Waals surface area contributed by atoms with E-state index in [4.69, 9.17) is 4.74 Å². The molecule has 5 heterocycles. The number of rotatable bonds is 3. The molecule has 0 amide bonds. The van der Waals surface area contributed by atoms with Crippen LogP contribution in [0.4, 0.5) is 0 Å². The largest absolute Gasteiger partial charge is 0.471 e. The predicted molar refractivity (Wildman–Crippen MR) is 88.3 cm³/mol. The van der Waals surface area contributed by atoms with Crippen LogP contribution in [-0.4, -0.2) is 40.3 Å². The first-order valence-electron chi connectivity index (χ1n) is 8.02. The maximum Gasteiger partial charge on any atom is 0.233 e. The minimum absolute atomic E-state index is 0.256. The zero-order valence-electron chi connectivity index (χ0n) is 13.0. The number of aromatic nitrogens is 2. The molecule has 3 aliphatic heterocycles. The van der Waals surface area contributed by atoms with Gasteiger partial charge in [0.1, 0.15) is 11.8 Å². The van der Waals surface area contributed by atoms with Gasteiger partial charge in [0.25, 0.3) is 0 Å². The van der Waals surface area contributed by atoms with E-state index in [1.807, 2.05) is 12.1 Å². The van der Waals surface area contributed by atoms with Gasteiger partial charge in [0.2, 0.25) is 5.88 Å². The SMILES string of the molecule is Cc1ccc(-c2ccc(O[C@H]3C4CCN(CC4)[C@@H]3C)nn2)s1. The summed E-state index contributed by atoms with van der Waals surface area (Å²) in [6.45, 7) is 6.81. The second kappa shape index (κ2) is 5.63. The van der Waals surface area contributed by atoms with Gasteiger partial charge in [0, 0.05) is 17.0 Å². The van der Waals surface area contributed by atoms with Gasteiger partial charge in [-0.05, 0) is 63.9 Å². The van der Waals surface area contributed by atoms with Gasteiger partial charge in [-0.15, -0.1) is 21.5 Å². The third-order valence-electron chi connectivity index (χ3n) is 4.98. The zero-order chi connectivity index (χ0) is 15.1. The summed E-state index contributed by atoms with van der Waals surface area (Å²) in [5, 5.41) is 8.63. The third-order valence-corrected chi connectivity index (χ3v) is 6.00. The number of thiophene rings is 1. The summed E-state index contributed by atoms with van der Waals surface area (Å²) in [7, 11) is 0. The van der Waals surface area contributed by atoms with E-state index < -0.39 is 0 Å². The van der Waals surface area contributed by atoms with Crippen LogP contribution in [0.2, 0.25) is 0 Å². The molecule has 0 radical (unpaired) electrons. The Balaban J connectivity index is 1.49. The molecule has 2 aromatic rings. The van der Waals surface area contributed by atoms with Crippen LogP contribution in [0.3, 0.4) is 0 Å². The highest BCUT2D eigenvalue weighted by molar-refractivity contribution is 7.15. The fraction of sp³-hybridized carbons (Fsp3) is 0.529. The summed E-state index contributed by atoms with van der Waals surface area (Å²) < 4.78 is 6.19. The van der Waals surface area contributed by atoms with Gasteiger partial charge in [-0.2, -0.15) is 0 Å². The number of piperidine rings is 3. The lowest BCUT2D eigenvalue weighted by Gasteiger charge is -2.48. The van der Waals surface area contributed by atoms with Gasteiger partial charge in [-0.1, -0.05) is 0 Å². The van der Waals surface area contributed by atoms with Crippen LogP contribution in [0, 0.1) is 12.8 Å². The van der Waals surface area contributed by atoms with Crippen molar-refractivity contribution >= 4 is 11.3 Å². The molecule has 4 nitrogen and oxygen atoms in total. The summed E-state index contributed by atoms with van der Waals surface area (Å²) in [4.78, 5) is 4.98. The maximum absolute atomic E-state index is 6.19. The second-order valence-electron chi connectivity index (χ2n) is 6.36. The first-order chi connectivity index (χ1) is 10.7. The van der Waals surface area contributed by atoms with Gasteiger partial charge in [-0.3, -0.25) is 4.90 Å². The standard InChI is InChI=1S/C17H21N3OS/c1-11-3-5-15(22-11)14-4-6-16(19-18-14)21-17-12(2)20-9-7-13(17)8-10-20/h3-6,12-13,17H,7-10H2,1-2H3/t12-,17-/m1/s1. The highest BCUT2D eigenvalue weighted by Gasteiger charge is 2.41. The molecule has 0 aliphatic carbocycles. The summed E-state index contributed by atoms with van der Waals surface area (Å²) in [5.74, 6) is 1.32. The first kappa shape index (κ1) is 14.2. The van der Waals surface area contributed by atoms with Gasteiger partial charge >= 0.3 is 0 Å². The first-order valence-corrected chi connectivity index (χ1v) is 8.83. The maximum atomic E-state index is 6.19. The molecule has 0 saturated carbocycles. The van der Waals surface area contributed by atoms with Gasteiger partial charge < -0.3 is 4.74 Å². The number of nitrogens with zero attached hydrogens (tertiary/aromatic N) is 3. The summed E-state index contributed by atoms with van der Waals surface area (Å²) in [6, 6.07) is 8.66. The summed E-state index contributed by atoms with van der Waals surface area (Å²) in [6.07, 6.45) is 2.75. The Hall–Kier alpha value is -1.46. The molecule has 22 heavy (non-hydrogen) atoms. The molecule has 3 aliphatic rings. The Kier molecular flexibility index (Phi) is 3.62. The van der Waals surface area contributed by atoms with Gasteiger partial charge in [-0.25, -0.2) is 0 Å². The zero-order valence-corrected chi connectivity index (χ0v) is 13.8. The van der Waals surface area contributed by atoms with Crippen LogP contribution in [0.25, 0.3) is 10.6 Å². The van der Waals surface area contributed by atoms with Gasteiger partial charge in [0.15, 0.2) is 0 Å². The minimum atomic E-state index is 0.256. The highest BCUT2D eigenvalue weighted by Crippen LogP contribution is 2.34. The van der Waals surface area contributed by atoms with Crippen LogP contribution in [0.15, 0.2) is 24.3 Å². The number of aryl methyl sites for hydroxylation is 1. The van der Waals surface area contributed by atoms with Crippen LogP contribution in [-0.2, 0) is 0 Å².